The van der Waals surface area contributed by atoms with Gasteiger partial charge in [-0.2, -0.15) is 0 Å². The van der Waals surface area contributed by atoms with Crippen molar-refractivity contribution < 1.29 is 0 Å². The summed E-state index contributed by atoms with van der Waals surface area (Å²) in [6.07, 6.45) is 4.21. The van der Waals surface area contributed by atoms with E-state index >= 15 is 0 Å². The van der Waals surface area contributed by atoms with Gasteiger partial charge in [0.1, 0.15) is 0 Å². The first-order valence-corrected chi connectivity index (χ1v) is 8.44. The van der Waals surface area contributed by atoms with Gasteiger partial charge in [0, 0.05) is 10.3 Å². The molecule has 0 radical (unpaired) electrons. The molecule has 0 bridgehead atoms. The Bertz CT molecular complexity index is 973. The van der Waals surface area contributed by atoms with E-state index in [1.807, 2.05) is 24.3 Å². The molecule has 0 unspecified atom stereocenters. The molecule has 3 heteroatoms. The van der Waals surface area contributed by atoms with E-state index in [1.54, 1.807) is 11.3 Å². The van der Waals surface area contributed by atoms with Crippen molar-refractivity contribution in [1.29, 1.82) is 0 Å². The summed E-state index contributed by atoms with van der Waals surface area (Å²) in [5.74, 6) is 0. The Labute approximate surface area is 162 Å². The van der Waals surface area contributed by atoms with Gasteiger partial charge in [-0.15, -0.1) is 35.3 Å². The van der Waals surface area contributed by atoms with Gasteiger partial charge in [-0.3, -0.25) is 0 Å². The maximum absolute atomic E-state index is 4.67. The van der Waals surface area contributed by atoms with Crippen molar-refractivity contribution in [3.8, 4) is 11.1 Å². The molecule has 0 N–H and O–H groups in total. The minimum Gasteiger partial charge on any atom is -0.248 e. The minimum atomic E-state index is 0. The number of halogens is 1. The number of fused-ring (bicyclic) bond motifs is 1. The average molecular weight is 441 g/mol. The number of nitrogens with zero attached hydrogens (tertiary/aromatic N) is 1. The first-order valence-electron chi connectivity index (χ1n) is 7.56. The third kappa shape index (κ3) is 3.74. The Morgan fingerprint density at radius 1 is 0.750 bits per heavy atom. The largest absolute Gasteiger partial charge is 0.248 e. The molecule has 2 heterocycles. The van der Waals surface area contributed by atoms with E-state index in [2.05, 4.69) is 71.0 Å². The van der Waals surface area contributed by atoms with Gasteiger partial charge in [0.15, 0.2) is 0 Å². The van der Waals surface area contributed by atoms with Gasteiger partial charge in [-0.25, -0.2) is 4.98 Å². The maximum Gasteiger partial charge on any atom is 0.0709 e. The van der Waals surface area contributed by atoms with Crippen LogP contribution >= 0.6 is 35.3 Å². The Balaban J connectivity index is 0.00000169. The summed E-state index contributed by atoms with van der Waals surface area (Å²) >= 11 is 1.75. The lowest BCUT2D eigenvalue weighted by Gasteiger charge is -1.98. The molecular weight excluding hydrogens is 425 g/mol. The highest BCUT2D eigenvalue weighted by Gasteiger charge is 2.00. The molecule has 1 nitrogen and oxygen atoms in total. The van der Waals surface area contributed by atoms with E-state index in [-0.39, 0.29) is 24.0 Å². The highest BCUT2D eigenvalue weighted by Crippen LogP contribution is 2.26. The molecule has 0 spiro atoms. The van der Waals surface area contributed by atoms with Crippen molar-refractivity contribution in [1.82, 2.24) is 4.98 Å². The van der Waals surface area contributed by atoms with Gasteiger partial charge in [0.2, 0.25) is 0 Å². The fraction of sp³-hybridized carbons (Fsp3) is 0. The first-order chi connectivity index (χ1) is 11.4. The summed E-state index contributed by atoms with van der Waals surface area (Å²) in [6.45, 7) is 0. The summed E-state index contributed by atoms with van der Waals surface area (Å²) in [6, 6.07) is 25.1. The zero-order chi connectivity index (χ0) is 15.5. The molecule has 0 atom stereocenters. The number of para-hydroxylation sites is 1. The molecule has 0 aliphatic carbocycles. The monoisotopic (exact) mass is 441 g/mol. The number of aromatic nitrogens is 1. The van der Waals surface area contributed by atoms with Crippen LogP contribution in [0.3, 0.4) is 0 Å². The molecule has 0 saturated carbocycles. The van der Waals surface area contributed by atoms with Crippen LogP contribution in [0.15, 0.2) is 78.2 Å². The van der Waals surface area contributed by atoms with Crippen molar-refractivity contribution in [3.05, 3.63) is 88.7 Å². The van der Waals surface area contributed by atoms with Crippen molar-refractivity contribution in [2.24, 2.45) is 0 Å². The van der Waals surface area contributed by atoms with E-state index in [4.69, 9.17) is 0 Å². The van der Waals surface area contributed by atoms with Crippen LogP contribution in [-0.4, -0.2) is 4.98 Å². The summed E-state index contributed by atoms with van der Waals surface area (Å²) in [4.78, 5) is 5.91. The minimum absolute atomic E-state index is 0. The topological polar surface area (TPSA) is 12.9 Å². The van der Waals surface area contributed by atoms with Gasteiger partial charge < -0.3 is 0 Å². The number of benzene rings is 2. The molecule has 2 aromatic heterocycles. The second-order valence-corrected chi connectivity index (χ2v) is 6.31. The molecule has 24 heavy (non-hydrogen) atoms. The first kappa shape index (κ1) is 16.9. The zero-order valence-corrected chi connectivity index (χ0v) is 16.1. The van der Waals surface area contributed by atoms with Gasteiger partial charge in [-0.1, -0.05) is 54.6 Å². The molecule has 2 aromatic carbocycles. The number of rotatable bonds is 3. The number of pyridine rings is 1. The van der Waals surface area contributed by atoms with Crippen LogP contribution in [0.1, 0.15) is 10.6 Å². The number of hydrogen-bond donors (Lipinski definition) is 0. The highest BCUT2D eigenvalue weighted by molar-refractivity contribution is 14.0. The molecule has 0 aliphatic rings. The summed E-state index contributed by atoms with van der Waals surface area (Å²) in [5, 5.41) is 3.37. The molecule has 0 saturated heterocycles. The molecule has 118 valence electrons. The zero-order valence-electron chi connectivity index (χ0n) is 12.9. The molecule has 0 fully saturated rings. The SMILES string of the molecule is C(=C\c1cc(-c2ccccc2)cs1)/c1ccc2ccccc2n1.I. The van der Waals surface area contributed by atoms with Crippen LogP contribution in [0, 0.1) is 0 Å². The number of hydrogen-bond acceptors (Lipinski definition) is 2. The highest BCUT2D eigenvalue weighted by atomic mass is 127. The summed E-state index contributed by atoms with van der Waals surface area (Å²) in [7, 11) is 0. The van der Waals surface area contributed by atoms with E-state index in [0.29, 0.717) is 0 Å². The van der Waals surface area contributed by atoms with Gasteiger partial charge in [0.05, 0.1) is 11.2 Å². The smallest absolute Gasteiger partial charge is 0.0709 e. The van der Waals surface area contributed by atoms with E-state index in [9.17, 15) is 0 Å². The lowest BCUT2D eigenvalue weighted by molar-refractivity contribution is 1.37. The van der Waals surface area contributed by atoms with Crippen LogP contribution < -0.4 is 0 Å². The molecule has 4 aromatic rings. The maximum atomic E-state index is 4.67. The quantitative estimate of drug-likeness (QED) is 0.321. The Morgan fingerprint density at radius 2 is 1.54 bits per heavy atom. The summed E-state index contributed by atoms with van der Waals surface area (Å²) in [5.41, 5.74) is 4.54. The van der Waals surface area contributed by atoms with Gasteiger partial charge >= 0.3 is 0 Å². The number of thiophene rings is 1. The average Bonchev–Trinajstić information content (AvgIpc) is 3.10. The Kier molecular flexibility index (Phi) is 5.43. The van der Waals surface area contributed by atoms with Crippen LogP contribution in [0.25, 0.3) is 34.2 Å². The lowest BCUT2D eigenvalue weighted by Crippen LogP contribution is -1.82. The molecule has 0 aliphatic heterocycles. The molecular formula is C21H16INS. The lowest BCUT2D eigenvalue weighted by atomic mass is 10.1. The fourth-order valence-corrected chi connectivity index (χ4v) is 3.37. The van der Waals surface area contributed by atoms with E-state index in [0.717, 1.165) is 11.2 Å². The van der Waals surface area contributed by atoms with Crippen molar-refractivity contribution in [3.63, 3.8) is 0 Å². The van der Waals surface area contributed by atoms with Crippen LogP contribution in [-0.2, 0) is 0 Å². The predicted molar refractivity (Wildman–Crippen MR) is 116 cm³/mol. The predicted octanol–water partition coefficient (Wildman–Crippen LogP) is 6.75. The van der Waals surface area contributed by atoms with Crippen LogP contribution in [0.2, 0.25) is 0 Å². The van der Waals surface area contributed by atoms with Gasteiger partial charge in [-0.05, 0) is 46.9 Å². The standard InChI is InChI=1S/C21H15NS.HI/c1-2-6-16(7-3-1)18-14-20(23-15-18)13-12-19-11-10-17-8-4-5-9-21(17)22-19;/h1-15H;1H/b13-12+;. The third-order valence-corrected chi connectivity index (χ3v) is 4.66. The van der Waals surface area contributed by atoms with Crippen LogP contribution in [0.4, 0.5) is 0 Å². The van der Waals surface area contributed by atoms with Crippen LogP contribution in [0.5, 0.6) is 0 Å². The van der Waals surface area contributed by atoms with Gasteiger partial charge in [0.25, 0.3) is 0 Å². The van der Waals surface area contributed by atoms with E-state index in [1.165, 1.54) is 21.4 Å². The molecule has 4 rings (SSSR count). The summed E-state index contributed by atoms with van der Waals surface area (Å²) < 4.78 is 0. The van der Waals surface area contributed by atoms with Crippen molar-refractivity contribution >= 4 is 58.4 Å². The fourth-order valence-electron chi connectivity index (χ4n) is 2.56. The second-order valence-electron chi connectivity index (χ2n) is 5.37. The van der Waals surface area contributed by atoms with Crippen molar-refractivity contribution in [2.45, 2.75) is 0 Å². The third-order valence-electron chi connectivity index (χ3n) is 3.77. The van der Waals surface area contributed by atoms with E-state index < -0.39 is 0 Å². The normalized spacial score (nSPS) is 10.8. The Morgan fingerprint density at radius 3 is 2.42 bits per heavy atom. The van der Waals surface area contributed by atoms with Crippen molar-refractivity contribution in [2.75, 3.05) is 0 Å². The second kappa shape index (κ2) is 7.73. The Hall–Kier alpha value is -1.98. The molecule has 0 amide bonds.